The smallest absolute Gasteiger partial charge is 0.267 e. The summed E-state index contributed by atoms with van der Waals surface area (Å²) in [4.78, 5) is 0. The average molecular weight is 474 g/mol. The van der Waals surface area contributed by atoms with E-state index in [1.165, 1.54) is 51.4 Å². The molecule has 4 rings (SSSR count). The Bertz CT molecular complexity index is 691. The largest absolute Gasteiger partial charge is 0.772 e. The topological polar surface area (TPSA) is 94.5 Å². The molecule has 0 spiro atoms. The number of rotatable bonds is 5. The van der Waals surface area contributed by atoms with Crippen molar-refractivity contribution in [1.29, 1.82) is 0 Å². The SMILES string of the molecule is O=S([O-])C1CCC(C2CCC(C3CCC(C4CCC(S(=O)(=O)O)CC4)CC3)CC2)CC1. The summed E-state index contributed by atoms with van der Waals surface area (Å²) in [5.74, 6) is 4.77. The van der Waals surface area contributed by atoms with Gasteiger partial charge in [-0.25, -0.2) is 0 Å². The van der Waals surface area contributed by atoms with Gasteiger partial charge < -0.3 is 4.55 Å². The van der Waals surface area contributed by atoms with Gasteiger partial charge in [0.05, 0.1) is 5.25 Å². The maximum Gasteiger partial charge on any atom is 0.267 e. The van der Waals surface area contributed by atoms with Gasteiger partial charge in [0.25, 0.3) is 10.1 Å². The van der Waals surface area contributed by atoms with Gasteiger partial charge in [0.15, 0.2) is 0 Å². The van der Waals surface area contributed by atoms with Gasteiger partial charge in [0.2, 0.25) is 0 Å². The van der Waals surface area contributed by atoms with Gasteiger partial charge in [-0.2, -0.15) is 8.42 Å². The third kappa shape index (κ3) is 6.13. The van der Waals surface area contributed by atoms with Crippen LogP contribution in [-0.4, -0.2) is 32.2 Å². The molecule has 31 heavy (non-hydrogen) atoms. The Morgan fingerprint density at radius 1 is 0.548 bits per heavy atom. The van der Waals surface area contributed by atoms with Gasteiger partial charge in [0, 0.05) is 5.25 Å². The van der Waals surface area contributed by atoms with E-state index < -0.39 is 26.4 Å². The molecule has 7 heteroatoms. The summed E-state index contributed by atoms with van der Waals surface area (Å²) in [7, 11) is -3.85. The lowest BCUT2D eigenvalue weighted by Crippen LogP contribution is -2.33. The van der Waals surface area contributed by atoms with Crippen LogP contribution >= 0.6 is 0 Å². The molecule has 4 aliphatic rings. The van der Waals surface area contributed by atoms with E-state index in [9.17, 15) is 21.7 Å². The summed E-state index contributed by atoms with van der Waals surface area (Å²) in [5, 5.41) is -0.612. The molecule has 4 fully saturated rings. The van der Waals surface area contributed by atoms with Crippen molar-refractivity contribution >= 4 is 21.2 Å². The van der Waals surface area contributed by atoms with Gasteiger partial charge in [0.1, 0.15) is 0 Å². The van der Waals surface area contributed by atoms with E-state index in [1.54, 1.807) is 0 Å². The molecule has 4 aliphatic carbocycles. The molecule has 5 nitrogen and oxygen atoms in total. The third-order valence-electron chi connectivity index (χ3n) is 9.76. The van der Waals surface area contributed by atoms with E-state index in [2.05, 4.69) is 0 Å². The lowest BCUT2D eigenvalue weighted by molar-refractivity contribution is 0.0948. The first-order valence-corrected chi connectivity index (χ1v) is 15.5. The van der Waals surface area contributed by atoms with Crippen LogP contribution in [-0.2, 0) is 21.2 Å². The van der Waals surface area contributed by atoms with E-state index in [4.69, 9.17) is 0 Å². The van der Waals surface area contributed by atoms with Crippen molar-refractivity contribution in [2.75, 3.05) is 0 Å². The van der Waals surface area contributed by atoms with E-state index in [0.717, 1.165) is 68.1 Å². The van der Waals surface area contributed by atoms with Crippen LogP contribution in [0.2, 0.25) is 0 Å². The lowest BCUT2D eigenvalue weighted by atomic mass is 9.64. The molecule has 0 bridgehead atoms. The minimum Gasteiger partial charge on any atom is -0.772 e. The van der Waals surface area contributed by atoms with Crippen LogP contribution in [0.5, 0.6) is 0 Å². The van der Waals surface area contributed by atoms with Crippen LogP contribution in [0.25, 0.3) is 0 Å². The monoisotopic (exact) mass is 473 g/mol. The number of hydrogen-bond donors (Lipinski definition) is 1. The highest BCUT2D eigenvalue weighted by atomic mass is 32.2. The van der Waals surface area contributed by atoms with E-state index in [1.807, 2.05) is 0 Å². The van der Waals surface area contributed by atoms with Crippen molar-refractivity contribution in [3.05, 3.63) is 0 Å². The Kier molecular flexibility index (Phi) is 8.20. The molecular formula is C24H41O5S2-. The Morgan fingerprint density at radius 2 is 0.806 bits per heavy atom. The van der Waals surface area contributed by atoms with Crippen molar-refractivity contribution in [3.8, 4) is 0 Å². The molecule has 0 amide bonds. The summed E-state index contributed by atoms with van der Waals surface area (Å²) in [6.07, 6.45) is 17.9. The fourth-order valence-corrected chi connectivity index (χ4v) is 9.31. The second kappa shape index (κ2) is 10.5. The standard InChI is InChI=1S/C24H42O5S2/c25-30(26)23-13-9-21(10-14-23)19-5-1-17(2-6-19)18-3-7-20(8-4-18)22-11-15-24(16-12-22)31(27,28)29/h17-24H,1-16H2,(H,25,26)(H,27,28,29)/p-1. The summed E-state index contributed by atoms with van der Waals surface area (Å²) < 4.78 is 54.5. The zero-order valence-electron chi connectivity index (χ0n) is 18.8. The van der Waals surface area contributed by atoms with Crippen molar-refractivity contribution in [3.63, 3.8) is 0 Å². The molecule has 180 valence electrons. The van der Waals surface area contributed by atoms with Crippen LogP contribution in [0.3, 0.4) is 0 Å². The summed E-state index contributed by atoms with van der Waals surface area (Å²) >= 11 is -1.88. The highest BCUT2D eigenvalue weighted by Crippen LogP contribution is 2.47. The average Bonchev–Trinajstić information content (AvgIpc) is 2.79. The highest BCUT2D eigenvalue weighted by Gasteiger charge is 2.38. The van der Waals surface area contributed by atoms with Gasteiger partial charge in [-0.1, -0.05) is 11.1 Å². The van der Waals surface area contributed by atoms with E-state index in [0.29, 0.717) is 18.8 Å². The van der Waals surface area contributed by atoms with Gasteiger partial charge >= 0.3 is 0 Å². The molecule has 0 radical (unpaired) electrons. The second-order valence-corrected chi connectivity index (χ2v) is 14.1. The zero-order valence-corrected chi connectivity index (χ0v) is 20.5. The highest BCUT2D eigenvalue weighted by molar-refractivity contribution is 7.86. The first-order valence-electron chi connectivity index (χ1n) is 12.9. The van der Waals surface area contributed by atoms with Crippen LogP contribution in [0.1, 0.15) is 103 Å². The van der Waals surface area contributed by atoms with Crippen LogP contribution in [0.4, 0.5) is 0 Å². The Labute approximate surface area is 191 Å². The lowest BCUT2D eigenvalue weighted by Gasteiger charge is -2.43. The van der Waals surface area contributed by atoms with Crippen LogP contribution < -0.4 is 0 Å². The fraction of sp³-hybridized carbons (Fsp3) is 1.00. The zero-order chi connectivity index (χ0) is 22.0. The maximum atomic E-state index is 11.4. The first-order chi connectivity index (χ1) is 14.8. The summed E-state index contributed by atoms with van der Waals surface area (Å²) in [6, 6.07) is 0. The molecule has 0 aromatic carbocycles. The van der Waals surface area contributed by atoms with Gasteiger partial charge in [-0.3, -0.25) is 8.76 Å². The van der Waals surface area contributed by atoms with E-state index >= 15 is 0 Å². The molecule has 0 aromatic rings. The summed E-state index contributed by atoms with van der Waals surface area (Å²) in [6.45, 7) is 0. The number of hydrogen-bond acceptors (Lipinski definition) is 4. The molecule has 1 N–H and O–H groups in total. The van der Waals surface area contributed by atoms with Crippen LogP contribution in [0, 0.1) is 35.5 Å². The second-order valence-electron chi connectivity index (χ2n) is 11.2. The minimum atomic E-state index is -3.85. The molecule has 0 aliphatic heterocycles. The minimum absolute atomic E-state index is 0.0918. The molecule has 1 unspecified atom stereocenters. The predicted octanol–water partition coefficient (Wildman–Crippen LogP) is 5.48. The fourth-order valence-electron chi connectivity index (χ4n) is 7.79. The molecule has 4 saturated carbocycles. The first kappa shape index (κ1) is 24.2. The molecule has 0 heterocycles. The van der Waals surface area contributed by atoms with E-state index in [-0.39, 0.29) is 5.25 Å². The molecule has 1 atom stereocenters. The Hall–Kier alpha value is 0.0200. The Balaban J connectivity index is 1.16. The van der Waals surface area contributed by atoms with Crippen molar-refractivity contribution < 1.29 is 21.7 Å². The third-order valence-corrected chi connectivity index (χ3v) is 12.1. The van der Waals surface area contributed by atoms with Crippen LogP contribution in [0.15, 0.2) is 0 Å². The Morgan fingerprint density at radius 3 is 1.06 bits per heavy atom. The van der Waals surface area contributed by atoms with Crippen molar-refractivity contribution in [1.82, 2.24) is 0 Å². The van der Waals surface area contributed by atoms with Crippen molar-refractivity contribution in [2.24, 2.45) is 35.5 Å². The maximum absolute atomic E-state index is 11.4. The normalized spacial score (nSPS) is 43.9. The molecule has 0 aromatic heterocycles. The summed E-state index contributed by atoms with van der Waals surface area (Å²) in [5.41, 5.74) is 0. The van der Waals surface area contributed by atoms with Gasteiger partial charge in [-0.05, 0) is 138 Å². The van der Waals surface area contributed by atoms with Crippen molar-refractivity contribution in [2.45, 2.75) is 113 Å². The van der Waals surface area contributed by atoms with Gasteiger partial charge in [-0.15, -0.1) is 0 Å². The quantitative estimate of drug-likeness (QED) is 0.421. The predicted molar refractivity (Wildman–Crippen MR) is 123 cm³/mol. The molecular weight excluding hydrogens is 432 g/mol. The molecule has 0 saturated heterocycles.